The van der Waals surface area contributed by atoms with E-state index >= 15 is 0 Å². The topological polar surface area (TPSA) is 259 Å². The predicted molar refractivity (Wildman–Crippen MR) is 147 cm³/mol. The fourth-order valence-electron chi connectivity index (χ4n) is 3.19. The summed E-state index contributed by atoms with van der Waals surface area (Å²) in [5.74, 6) is -2.90. The molecule has 2 aromatic carbocycles. The minimum atomic E-state index is -0.949. The van der Waals surface area contributed by atoms with E-state index in [1.807, 2.05) is 0 Å². The third-order valence-electron chi connectivity index (χ3n) is 5.14. The molecule has 2 rings (SSSR count). The average Bonchev–Trinajstić information content (AvgIpc) is 2.98. The SMILES string of the molecule is C=C(OOC)Oc1ccc(CC(NC(=O)CO)C(N)=O)cc1.NC(=O)C(Cc1ccc(OC(=O)CO)cc1)NC(=O)CO. The second-order valence-corrected chi connectivity index (χ2v) is 8.41. The standard InChI is InChI=1S/C14H18N2O6.C13H16N2O6/c1-9(22-20-2)21-11-5-3-10(4-6-11)7-12(14(15)19)16-13(18)8-17;14-13(20)10(15-11(18)6-16)5-8-1-3-9(4-2-8)21-12(19)7-17/h3-6,12,17H,1,7-8H2,2H3,(H2,15,19)(H,16,18);1-4,10,16-17H,5-7H2,(H2,14,20)(H,15,18). The molecule has 0 saturated carbocycles. The summed E-state index contributed by atoms with van der Waals surface area (Å²) in [6, 6.07) is 10.9. The van der Waals surface area contributed by atoms with Gasteiger partial charge in [0.15, 0.2) is 0 Å². The van der Waals surface area contributed by atoms with E-state index in [0.717, 1.165) is 5.56 Å². The Morgan fingerprint density at radius 2 is 1.12 bits per heavy atom. The van der Waals surface area contributed by atoms with Crippen LogP contribution in [0.2, 0.25) is 0 Å². The van der Waals surface area contributed by atoms with E-state index in [2.05, 4.69) is 27.0 Å². The van der Waals surface area contributed by atoms with Crippen LogP contribution in [0.3, 0.4) is 0 Å². The van der Waals surface area contributed by atoms with Gasteiger partial charge in [-0.05, 0) is 42.0 Å². The molecule has 2 aromatic rings. The van der Waals surface area contributed by atoms with Gasteiger partial charge in [0.25, 0.3) is 0 Å². The molecule has 0 bridgehead atoms. The van der Waals surface area contributed by atoms with Gasteiger partial charge in [-0.2, -0.15) is 4.89 Å². The molecule has 234 valence electrons. The number of benzene rings is 2. The molecule has 9 N–H and O–H groups in total. The number of hydrogen-bond donors (Lipinski definition) is 7. The van der Waals surface area contributed by atoms with Gasteiger partial charge in [-0.25, -0.2) is 4.79 Å². The van der Waals surface area contributed by atoms with Gasteiger partial charge in [0, 0.05) is 12.8 Å². The molecule has 0 aliphatic rings. The first-order valence-electron chi connectivity index (χ1n) is 12.4. The van der Waals surface area contributed by atoms with Gasteiger partial charge in [-0.1, -0.05) is 24.3 Å². The highest BCUT2D eigenvalue weighted by Crippen LogP contribution is 2.16. The number of hydrogen-bond acceptors (Lipinski definition) is 12. The van der Waals surface area contributed by atoms with Crippen LogP contribution in [-0.2, 0) is 46.6 Å². The Balaban J connectivity index is 0.000000430. The van der Waals surface area contributed by atoms with E-state index in [9.17, 15) is 24.0 Å². The number of carbonyl (C=O) groups is 5. The molecule has 0 aromatic heterocycles. The molecule has 0 heterocycles. The van der Waals surface area contributed by atoms with Gasteiger partial charge in [0.1, 0.15) is 43.4 Å². The van der Waals surface area contributed by atoms with Crippen molar-refractivity contribution in [2.45, 2.75) is 24.9 Å². The Labute approximate surface area is 246 Å². The van der Waals surface area contributed by atoms with Crippen LogP contribution in [0.15, 0.2) is 61.1 Å². The molecule has 16 nitrogen and oxygen atoms in total. The lowest BCUT2D eigenvalue weighted by Crippen LogP contribution is -2.46. The summed E-state index contributed by atoms with van der Waals surface area (Å²) in [6.07, 6.45) is 0.326. The van der Waals surface area contributed by atoms with E-state index < -0.39 is 61.5 Å². The highest BCUT2D eigenvalue weighted by molar-refractivity contribution is 5.87. The number of rotatable bonds is 16. The zero-order valence-corrected chi connectivity index (χ0v) is 23.2. The van der Waals surface area contributed by atoms with Crippen LogP contribution in [0.1, 0.15) is 11.1 Å². The minimum absolute atomic E-state index is 0.0273. The Morgan fingerprint density at radius 3 is 1.44 bits per heavy atom. The third kappa shape index (κ3) is 14.4. The van der Waals surface area contributed by atoms with Gasteiger partial charge >= 0.3 is 11.9 Å². The van der Waals surface area contributed by atoms with Gasteiger partial charge in [0.2, 0.25) is 23.6 Å². The molecule has 16 heteroatoms. The van der Waals surface area contributed by atoms with Crippen LogP contribution in [0.5, 0.6) is 11.5 Å². The smallest absolute Gasteiger partial charge is 0.337 e. The van der Waals surface area contributed by atoms with Crippen molar-refractivity contribution in [3.05, 3.63) is 72.2 Å². The van der Waals surface area contributed by atoms with Crippen molar-refractivity contribution in [3.63, 3.8) is 0 Å². The quantitative estimate of drug-likeness (QED) is 0.0350. The van der Waals surface area contributed by atoms with E-state index in [4.69, 9.17) is 36.3 Å². The first-order valence-corrected chi connectivity index (χ1v) is 12.4. The molecular weight excluding hydrogens is 572 g/mol. The van der Waals surface area contributed by atoms with E-state index in [0.29, 0.717) is 11.3 Å². The van der Waals surface area contributed by atoms with Crippen molar-refractivity contribution in [1.29, 1.82) is 0 Å². The molecule has 0 saturated heterocycles. The van der Waals surface area contributed by atoms with Crippen LogP contribution < -0.4 is 31.6 Å². The summed E-state index contributed by atoms with van der Waals surface area (Å²) in [5, 5.41) is 30.5. The molecule has 0 aliphatic heterocycles. The minimum Gasteiger partial charge on any atom is -0.425 e. The van der Waals surface area contributed by atoms with Crippen molar-refractivity contribution < 1.29 is 58.5 Å². The summed E-state index contributed by atoms with van der Waals surface area (Å²) in [5.41, 5.74) is 11.8. The van der Waals surface area contributed by atoms with Crippen molar-refractivity contribution in [1.82, 2.24) is 10.6 Å². The average molecular weight is 607 g/mol. The summed E-state index contributed by atoms with van der Waals surface area (Å²) < 4.78 is 9.98. The van der Waals surface area contributed by atoms with Crippen LogP contribution in [0.4, 0.5) is 0 Å². The Hall–Kier alpha value is -5.03. The van der Waals surface area contributed by atoms with E-state index in [1.54, 1.807) is 36.4 Å². The monoisotopic (exact) mass is 606 g/mol. The normalized spacial score (nSPS) is 11.4. The molecule has 0 radical (unpaired) electrons. The number of esters is 1. The third-order valence-corrected chi connectivity index (χ3v) is 5.14. The molecule has 43 heavy (non-hydrogen) atoms. The second kappa shape index (κ2) is 19.2. The lowest BCUT2D eigenvalue weighted by atomic mass is 10.1. The Morgan fingerprint density at radius 1 is 0.721 bits per heavy atom. The number of aliphatic hydroxyl groups is 3. The molecule has 0 spiro atoms. The number of primary amides is 2. The molecule has 2 unspecified atom stereocenters. The highest BCUT2D eigenvalue weighted by atomic mass is 17.2. The zero-order chi connectivity index (χ0) is 32.4. The van der Waals surface area contributed by atoms with Crippen molar-refractivity contribution in [2.24, 2.45) is 11.5 Å². The summed E-state index contributed by atoms with van der Waals surface area (Å²) in [6.45, 7) is 1.30. The van der Waals surface area contributed by atoms with E-state index in [-0.39, 0.29) is 24.5 Å². The number of amides is 4. The van der Waals surface area contributed by atoms with Gasteiger partial charge in [-0.3, -0.25) is 24.1 Å². The van der Waals surface area contributed by atoms with Crippen LogP contribution in [-0.4, -0.2) is 83.9 Å². The lowest BCUT2D eigenvalue weighted by molar-refractivity contribution is -0.260. The lowest BCUT2D eigenvalue weighted by Gasteiger charge is -2.15. The maximum Gasteiger partial charge on any atom is 0.337 e. The maximum atomic E-state index is 11.3. The van der Waals surface area contributed by atoms with Gasteiger partial charge < -0.3 is 46.9 Å². The number of aliphatic hydroxyl groups excluding tert-OH is 3. The fraction of sp³-hybridized carbons (Fsp3) is 0.296. The van der Waals surface area contributed by atoms with Crippen molar-refractivity contribution >= 4 is 29.6 Å². The van der Waals surface area contributed by atoms with Crippen molar-refractivity contribution in [3.8, 4) is 11.5 Å². The van der Waals surface area contributed by atoms with Crippen LogP contribution in [0.25, 0.3) is 0 Å². The van der Waals surface area contributed by atoms with Crippen LogP contribution >= 0.6 is 0 Å². The van der Waals surface area contributed by atoms with E-state index in [1.165, 1.54) is 19.2 Å². The molecular formula is C27H34N4O12. The summed E-state index contributed by atoms with van der Waals surface area (Å²) in [4.78, 5) is 64.6. The molecule has 2 atom stereocenters. The summed E-state index contributed by atoms with van der Waals surface area (Å²) in [7, 11) is 1.32. The largest absolute Gasteiger partial charge is 0.425 e. The summed E-state index contributed by atoms with van der Waals surface area (Å²) >= 11 is 0. The van der Waals surface area contributed by atoms with Crippen molar-refractivity contribution in [2.75, 3.05) is 26.9 Å². The maximum absolute atomic E-state index is 11.3. The predicted octanol–water partition coefficient (Wildman–Crippen LogP) is -2.29. The highest BCUT2D eigenvalue weighted by Gasteiger charge is 2.19. The van der Waals surface area contributed by atoms with Crippen LogP contribution in [0, 0.1) is 0 Å². The van der Waals surface area contributed by atoms with Gasteiger partial charge in [-0.15, -0.1) is 0 Å². The zero-order valence-electron chi connectivity index (χ0n) is 23.2. The first kappa shape index (κ1) is 36.0. The number of nitrogens with one attached hydrogen (secondary N) is 2. The molecule has 4 amide bonds. The molecule has 0 aliphatic carbocycles. The molecule has 0 fully saturated rings. The Kier molecular flexibility index (Phi) is 16.0. The number of ether oxygens (including phenoxy) is 2. The fourth-order valence-corrected chi connectivity index (χ4v) is 3.19. The Bertz CT molecular complexity index is 1240. The second-order valence-electron chi connectivity index (χ2n) is 8.41. The van der Waals surface area contributed by atoms with Gasteiger partial charge in [0.05, 0.1) is 7.11 Å². The number of nitrogens with two attached hydrogens (primary N) is 2. The first-order chi connectivity index (χ1) is 20.4. The number of carbonyl (C=O) groups excluding carboxylic acids is 5.